The molecule has 6 nitrogen and oxygen atoms in total. The second kappa shape index (κ2) is 7.43. The molecule has 0 saturated carbocycles. The van der Waals surface area contributed by atoms with Crippen LogP contribution < -0.4 is 10.6 Å². The molecule has 0 saturated heterocycles. The number of hydrogen-bond acceptors (Lipinski definition) is 4. The Morgan fingerprint density at radius 2 is 2.00 bits per heavy atom. The lowest BCUT2D eigenvalue weighted by Crippen LogP contribution is -2.25. The van der Waals surface area contributed by atoms with E-state index in [-0.39, 0.29) is 23.6 Å². The molecule has 1 aromatic carbocycles. The van der Waals surface area contributed by atoms with Gasteiger partial charge in [0, 0.05) is 37.9 Å². The standard InChI is InChI=1S/C19H16F3N5O/c20-13-5-11(6-14(21)18(13)22)8-27-9-17(24-10-27)26-19(28)16-2-1-12-7-23-4-3-15(12)25-16/h1-2,5-6,9-10,23H,3-4,7-8H2,(H,26,28). The zero-order chi connectivity index (χ0) is 19.7. The summed E-state index contributed by atoms with van der Waals surface area (Å²) >= 11 is 0. The highest BCUT2D eigenvalue weighted by Gasteiger charge is 2.15. The third-order valence-corrected chi connectivity index (χ3v) is 4.44. The number of carbonyl (C=O) groups is 1. The molecule has 3 heterocycles. The first-order chi connectivity index (χ1) is 13.5. The molecule has 0 atom stereocenters. The lowest BCUT2D eigenvalue weighted by molar-refractivity contribution is 0.102. The van der Waals surface area contributed by atoms with E-state index in [2.05, 4.69) is 20.6 Å². The van der Waals surface area contributed by atoms with Crippen LogP contribution in [0.3, 0.4) is 0 Å². The monoisotopic (exact) mass is 387 g/mol. The number of anilines is 1. The highest BCUT2D eigenvalue weighted by atomic mass is 19.2. The van der Waals surface area contributed by atoms with Crippen molar-refractivity contribution in [1.82, 2.24) is 19.9 Å². The molecular formula is C19H16F3N5O. The van der Waals surface area contributed by atoms with E-state index in [1.807, 2.05) is 6.07 Å². The predicted molar refractivity (Wildman–Crippen MR) is 95.2 cm³/mol. The number of amides is 1. The summed E-state index contributed by atoms with van der Waals surface area (Å²) in [5.74, 6) is -4.13. The Bertz CT molecular complexity index is 1030. The summed E-state index contributed by atoms with van der Waals surface area (Å²) in [6.45, 7) is 1.63. The number of carbonyl (C=O) groups excluding carboxylic acids is 1. The zero-order valence-electron chi connectivity index (χ0n) is 14.7. The van der Waals surface area contributed by atoms with Crippen molar-refractivity contribution in [2.24, 2.45) is 0 Å². The van der Waals surface area contributed by atoms with Crippen molar-refractivity contribution in [2.45, 2.75) is 19.5 Å². The van der Waals surface area contributed by atoms with Crippen LogP contribution in [0, 0.1) is 17.5 Å². The van der Waals surface area contributed by atoms with Gasteiger partial charge < -0.3 is 15.2 Å². The van der Waals surface area contributed by atoms with Crippen LogP contribution >= 0.6 is 0 Å². The molecule has 0 aliphatic carbocycles. The van der Waals surface area contributed by atoms with Gasteiger partial charge in [0.25, 0.3) is 5.91 Å². The molecule has 0 unspecified atom stereocenters. The smallest absolute Gasteiger partial charge is 0.275 e. The summed E-state index contributed by atoms with van der Waals surface area (Å²) in [4.78, 5) is 20.9. The summed E-state index contributed by atoms with van der Waals surface area (Å²) < 4.78 is 41.2. The van der Waals surface area contributed by atoms with Gasteiger partial charge in [0.1, 0.15) is 5.69 Å². The SMILES string of the molecule is O=C(Nc1cn(Cc2cc(F)c(F)c(F)c2)cn1)c1ccc2c(n1)CCNC2. The Morgan fingerprint density at radius 3 is 2.79 bits per heavy atom. The number of halogens is 3. The van der Waals surface area contributed by atoms with E-state index in [9.17, 15) is 18.0 Å². The average Bonchev–Trinajstić information content (AvgIpc) is 3.12. The summed E-state index contributed by atoms with van der Waals surface area (Å²) in [5, 5.41) is 5.89. The molecule has 0 radical (unpaired) electrons. The molecule has 2 aromatic heterocycles. The minimum Gasteiger partial charge on any atom is -0.331 e. The largest absolute Gasteiger partial charge is 0.331 e. The zero-order valence-corrected chi connectivity index (χ0v) is 14.7. The van der Waals surface area contributed by atoms with Crippen molar-refractivity contribution < 1.29 is 18.0 Å². The van der Waals surface area contributed by atoms with Gasteiger partial charge in [0.2, 0.25) is 0 Å². The fourth-order valence-corrected chi connectivity index (χ4v) is 3.07. The first-order valence-corrected chi connectivity index (χ1v) is 8.65. The Labute approximate surface area is 158 Å². The van der Waals surface area contributed by atoms with Gasteiger partial charge in [-0.2, -0.15) is 0 Å². The summed E-state index contributed by atoms with van der Waals surface area (Å²) in [7, 11) is 0. The minimum atomic E-state index is -1.50. The molecule has 144 valence electrons. The van der Waals surface area contributed by atoms with E-state index >= 15 is 0 Å². The van der Waals surface area contributed by atoms with Crippen LogP contribution in [-0.4, -0.2) is 27.0 Å². The number of nitrogens with one attached hydrogen (secondary N) is 2. The van der Waals surface area contributed by atoms with Gasteiger partial charge in [-0.05, 0) is 29.3 Å². The van der Waals surface area contributed by atoms with Gasteiger partial charge in [-0.25, -0.2) is 23.1 Å². The number of hydrogen-bond donors (Lipinski definition) is 2. The van der Waals surface area contributed by atoms with Crippen LogP contribution in [0.4, 0.5) is 19.0 Å². The summed E-state index contributed by atoms with van der Waals surface area (Å²) in [6, 6.07) is 5.37. The Balaban J connectivity index is 1.45. The Hall–Kier alpha value is -3.20. The highest BCUT2D eigenvalue weighted by Crippen LogP contribution is 2.16. The van der Waals surface area contributed by atoms with Gasteiger partial charge in [-0.3, -0.25) is 4.79 Å². The van der Waals surface area contributed by atoms with E-state index in [1.54, 1.807) is 6.07 Å². The lowest BCUT2D eigenvalue weighted by Gasteiger charge is -2.16. The summed E-state index contributed by atoms with van der Waals surface area (Å²) in [5.41, 5.74) is 2.50. The van der Waals surface area contributed by atoms with Gasteiger partial charge in [-0.1, -0.05) is 6.07 Å². The maximum absolute atomic E-state index is 13.3. The maximum atomic E-state index is 13.3. The number of aromatic nitrogens is 3. The topological polar surface area (TPSA) is 71.8 Å². The number of pyridine rings is 1. The van der Waals surface area contributed by atoms with Crippen LogP contribution in [0.25, 0.3) is 0 Å². The summed E-state index contributed by atoms with van der Waals surface area (Å²) in [6.07, 6.45) is 3.68. The van der Waals surface area contributed by atoms with E-state index in [1.165, 1.54) is 17.1 Å². The number of rotatable bonds is 4. The van der Waals surface area contributed by atoms with Gasteiger partial charge in [0.05, 0.1) is 6.33 Å². The maximum Gasteiger partial charge on any atom is 0.275 e. The Morgan fingerprint density at radius 1 is 1.21 bits per heavy atom. The number of nitrogens with zero attached hydrogens (tertiary/aromatic N) is 3. The van der Waals surface area contributed by atoms with Gasteiger partial charge in [-0.15, -0.1) is 0 Å². The lowest BCUT2D eigenvalue weighted by atomic mass is 10.1. The first-order valence-electron chi connectivity index (χ1n) is 8.65. The van der Waals surface area contributed by atoms with Crippen LogP contribution in [0.5, 0.6) is 0 Å². The molecule has 2 N–H and O–H groups in total. The molecule has 1 aliphatic heterocycles. The van der Waals surface area contributed by atoms with Crippen molar-refractivity contribution in [2.75, 3.05) is 11.9 Å². The minimum absolute atomic E-state index is 0.0705. The van der Waals surface area contributed by atoms with Crippen molar-refractivity contribution in [1.29, 1.82) is 0 Å². The number of fused-ring (bicyclic) bond motifs is 1. The van der Waals surface area contributed by atoms with E-state index in [4.69, 9.17) is 0 Å². The molecule has 0 bridgehead atoms. The molecular weight excluding hydrogens is 371 g/mol. The van der Waals surface area contributed by atoms with E-state index in [0.717, 1.165) is 42.9 Å². The molecule has 9 heteroatoms. The van der Waals surface area contributed by atoms with Crippen LogP contribution in [0.15, 0.2) is 36.8 Å². The van der Waals surface area contributed by atoms with Crippen molar-refractivity contribution in [3.8, 4) is 0 Å². The first kappa shape index (κ1) is 18.2. The number of imidazole rings is 1. The second-order valence-corrected chi connectivity index (χ2v) is 6.49. The van der Waals surface area contributed by atoms with Crippen LogP contribution in [-0.2, 0) is 19.5 Å². The number of benzene rings is 1. The fourth-order valence-electron chi connectivity index (χ4n) is 3.07. The predicted octanol–water partition coefficient (Wildman–Crippen LogP) is 2.64. The third kappa shape index (κ3) is 3.74. The third-order valence-electron chi connectivity index (χ3n) is 4.44. The van der Waals surface area contributed by atoms with Gasteiger partial charge in [0.15, 0.2) is 23.3 Å². The van der Waals surface area contributed by atoms with Crippen molar-refractivity contribution in [3.63, 3.8) is 0 Å². The van der Waals surface area contributed by atoms with Gasteiger partial charge >= 0.3 is 0 Å². The van der Waals surface area contributed by atoms with E-state index in [0.29, 0.717) is 0 Å². The highest BCUT2D eigenvalue weighted by molar-refractivity contribution is 6.02. The fraction of sp³-hybridized carbons (Fsp3) is 0.211. The quantitative estimate of drug-likeness (QED) is 0.676. The molecule has 3 aromatic rings. The Kier molecular flexibility index (Phi) is 4.82. The van der Waals surface area contributed by atoms with Crippen molar-refractivity contribution >= 4 is 11.7 Å². The molecule has 1 amide bonds. The average molecular weight is 387 g/mol. The molecule has 4 rings (SSSR count). The van der Waals surface area contributed by atoms with Crippen molar-refractivity contribution in [3.05, 3.63) is 76.8 Å². The van der Waals surface area contributed by atoms with E-state index < -0.39 is 23.4 Å². The molecule has 0 spiro atoms. The van der Waals surface area contributed by atoms with Crippen LogP contribution in [0.2, 0.25) is 0 Å². The molecule has 0 fully saturated rings. The van der Waals surface area contributed by atoms with Crippen LogP contribution in [0.1, 0.15) is 27.3 Å². The molecule has 1 aliphatic rings. The molecule has 28 heavy (non-hydrogen) atoms. The normalized spacial score (nSPS) is 13.2. The second-order valence-electron chi connectivity index (χ2n) is 6.49.